The van der Waals surface area contributed by atoms with Crippen LogP contribution in [-0.4, -0.2) is 85.9 Å². The lowest BCUT2D eigenvalue weighted by atomic mass is 10.2. The number of aliphatic hydroxyl groups excluding tert-OH is 1. The molecule has 2 heterocycles. The molecule has 6 heteroatoms. The van der Waals surface area contributed by atoms with Crippen LogP contribution in [0, 0.1) is 0 Å². The number of aliphatic hydroxyl groups is 1. The van der Waals surface area contributed by atoms with E-state index in [0.717, 1.165) is 26.2 Å². The summed E-state index contributed by atoms with van der Waals surface area (Å²) in [5.74, 6) is 0.147. The highest BCUT2D eigenvalue weighted by Gasteiger charge is 2.25. The van der Waals surface area contributed by atoms with Gasteiger partial charge in [0.2, 0.25) is 5.91 Å². The van der Waals surface area contributed by atoms with Gasteiger partial charge in [-0.2, -0.15) is 0 Å². The van der Waals surface area contributed by atoms with Gasteiger partial charge >= 0.3 is 0 Å². The molecule has 2 rings (SSSR count). The highest BCUT2D eigenvalue weighted by molar-refractivity contribution is 5.78. The van der Waals surface area contributed by atoms with Crippen LogP contribution in [0.25, 0.3) is 0 Å². The number of nitrogens with zero attached hydrogens (tertiary/aromatic N) is 2. The molecular formula is C11H21N3O3. The van der Waals surface area contributed by atoms with Gasteiger partial charge in [-0.05, 0) is 0 Å². The van der Waals surface area contributed by atoms with E-state index in [1.807, 2.05) is 0 Å². The normalized spacial score (nSPS) is 27.1. The topological polar surface area (TPSA) is 65.0 Å². The first-order chi connectivity index (χ1) is 8.29. The van der Waals surface area contributed by atoms with E-state index in [-0.39, 0.29) is 18.6 Å². The lowest BCUT2D eigenvalue weighted by molar-refractivity contribution is -0.141. The van der Waals surface area contributed by atoms with Crippen molar-refractivity contribution in [3.8, 4) is 0 Å². The van der Waals surface area contributed by atoms with E-state index in [1.165, 1.54) is 0 Å². The molecule has 0 aliphatic carbocycles. The van der Waals surface area contributed by atoms with Gasteiger partial charge in [-0.3, -0.25) is 9.69 Å². The number of hydrogen-bond acceptors (Lipinski definition) is 5. The van der Waals surface area contributed by atoms with Gasteiger partial charge in [0.1, 0.15) is 0 Å². The Kier molecular flexibility index (Phi) is 4.73. The van der Waals surface area contributed by atoms with Crippen LogP contribution in [0.1, 0.15) is 0 Å². The highest BCUT2D eigenvalue weighted by atomic mass is 16.5. The molecule has 0 aromatic rings. The summed E-state index contributed by atoms with van der Waals surface area (Å²) in [5.41, 5.74) is 0. The SMILES string of the molecule is O=C(CN1CCNCC1)N1CCOC(CO)C1. The number of amides is 1. The van der Waals surface area contributed by atoms with Crippen molar-refractivity contribution in [2.75, 3.05) is 59.0 Å². The fourth-order valence-corrected chi connectivity index (χ4v) is 2.22. The minimum atomic E-state index is -0.212. The quantitative estimate of drug-likeness (QED) is 0.607. The smallest absolute Gasteiger partial charge is 0.236 e. The van der Waals surface area contributed by atoms with Crippen molar-refractivity contribution in [3.63, 3.8) is 0 Å². The molecule has 0 spiro atoms. The van der Waals surface area contributed by atoms with E-state index < -0.39 is 0 Å². The Morgan fingerprint density at radius 3 is 2.82 bits per heavy atom. The van der Waals surface area contributed by atoms with Gasteiger partial charge in [-0.15, -0.1) is 0 Å². The molecule has 2 fully saturated rings. The zero-order valence-corrected chi connectivity index (χ0v) is 10.1. The molecule has 0 radical (unpaired) electrons. The summed E-state index contributed by atoms with van der Waals surface area (Å²) in [6.07, 6.45) is -0.212. The van der Waals surface area contributed by atoms with Crippen molar-refractivity contribution < 1.29 is 14.6 Å². The molecule has 0 aromatic carbocycles. The van der Waals surface area contributed by atoms with E-state index in [9.17, 15) is 4.79 Å². The number of morpholine rings is 1. The fourth-order valence-electron chi connectivity index (χ4n) is 2.22. The maximum Gasteiger partial charge on any atom is 0.236 e. The zero-order chi connectivity index (χ0) is 12.1. The Labute approximate surface area is 102 Å². The molecule has 1 unspecified atom stereocenters. The number of carbonyl (C=O) groups excluding carboxylic acids is 1. The molecular weight excluding hydrogens is 222 g/mol. The summed E-state index contributed by atoms with van der Waals surface area (Å²) < 4.78 is 5.33. The summed E-state index contributed by atoms with van der Waals surface area (Å²) in [6, 6.07) is 0. The molecule has 0 aromatic heterocycles. The third kappa shape index (κ3) is 3.64. The Morgan fingerprint density at radius 2 is 2.12 bits per heavy atom. The molecule has 2 aliphatic rings. The Bertz CT molecular complexity index is 256. The van der Waals surface area contributed by atoms with Crippen LogP contribution < -0.4 is 5.32 Å². The van der Waals surface area contributed by atoms with Crippen molar-refractivity contribution in [3.05, 3.63) is 0 Å². The second kappa shape index (κ2) is 6.30. The predicted octanol–water partition coefficient (Wildman–Crippen LogP) is -1.89. The first-order valence-electron chi connectivity index (χ1n) is 6.23. The van der Waals surface area contributed by atoms with Crippen molar-refractivity contribution in [2.24, 2.45) is 0 Å². The second-order valence-corrected chi connectivity index (χ2v) is 4.54. The maximum atomic E-state index is 12.1. The maximum absolute atomic E-state index is 12.1. The average Bonchev–Trinajstić information content (AvgIpc) is 2.40. The summed E-state index contributed by atoms with van der Waals surface area (Å²) in [6.45, 7) is 5.92. The van der Waals surface area contributed by atoms with Gasteiger partial charge in [0.05, 0.1) is 25.9 Å². The Morgan fingerprint density at radius 1 is 1.35 bits per heavy atom. The van der Waals surface area contributed by atoms with Gasteiger partial charge in [-0.25, -0.2) is 0 Å². The van der Waals surface area contributed by atoms with Crippen LogP contribution in [0.15, 0.2) is 0 Å². The average molecular weight is 243 g/mol. The molecule has 2 saturated heterocycles. The van der Waals surface area contributed by atoms with Crippen molar-refractivity contribution in [2.45, 2.75) is 6.10 Å². The van der Waals surface area contributed by atoms with E-state index in [2.05, 4.69) is 10.2 Å². The van der Waals surface area contributed by atoms with Crippen molar-refractivity contribution in [1.29, 1.82) is 0 Å². The van der Waals surface area contributed by atoms with Crippen molar-refractivity contribution in [1.82, 2.24) is 15.1 Å². The summed E-state index contributed by atoms with van der Waals surface area (Å²) >= 11 is 0. The number of rotatable bonds is 3. The van der Waals surface area contributed by atoms with E-state index in [0.29, 0.717) is 26.2 Å². The molecule has 98 valence electrons. The molecule has 2 N–H and O–H groups in total. The number of hydrogen-bond donors (Lipinski definition) is 2. The number of carbonyl (C=O) groups is 1. The monoisotopic (exact) mass is 243 g/mol. The summed E-state index contributed by atoms with van der Waals surface area (Å²) in [7, 11) is 0. The third-order valence-electron chi connectivity index (χ3n) is 3.26. The van der Waals surface area contributed by atoms with Gasteiger partial charge in [0.25, 0.3) is 0 Å². The molecule has 17 heavy (non-hydrogen) atoms. The van der Waals surface area contributed by atoms with E-state index in [4.69, 9.17) is 9.84 Å². The second-order valence-electron chi connectivity index (χ2n) is 4.54. The first-order valence-corrected chi connectivity index (χ1v) is 6.23. The molecule has 1 atom stereocenters. The van der Waals surface area contributed by atoms with Crippen LogP contribution in [-0.2, 0) is 9.53 Å². The molecule has 2 aliphatic heterocycles. The van der Waals surface area contributed by atoms with E-state index >= 15 is 0 Å². The largest absolute Gasteiger partial charge is 0.394 e. The van der Waals surface area contributed by atoms with E-state index in [1.54, 1.807) is 4.90 Å². The fraction of sp³-hybridized carbons (Fsp3) is 0.909. The number of nitrogens with one attached hydrogen (secondary N) is 1. The van der Waals surface area contributed by atoms with Crippen LogP contribution in [0.5, 0.6) is 0 Å². The Hall–Kier alpha value is -0.690. The van der Waals surface area contributed by atoms with Gasteiger partial charge < -0.3 is 20.1 Å². The Balaban J connectivity index is 1.78. The van der Waals surface area contributed by atoms with Crippen LogP contribution in [0.3, 0.4) is 0 Å². The molecule has 6 nitrogen and oxygen atoms in total. The zero-order valence-electron chi connectivity index (χ0n) is 10.1. The van der Waals surface area contributed by atoms with Gasteiger partial charge in [0, 0.05) is 39.3 Å². The number of piperazine rings is 1. The summed E-state index contributed by atoms with van der Waals surface area (Å²) in [4.78, 5) is 16.0. The van der Waals surface area contributed by atoms with Crippen molar-refractivity contribution >= 4 is 5.91 Å². The van der Waals surface area contributed by atoms with Crippen LogP contribution >= 0.6 is 0 Å². The molecule has 0 bridgehead atoms. The minimum Gasteiger partial charge on any atom is -0.394 e. The first kappa shape index (κ1) is 12.8. The number of ether oxygens (including phenoxy) is 1. The standard InChI is InChI=1S/C11H21N3O3/c15-9-10-7-14(5-6-17-10)11(16)8-13-3-1-12-2-4-13/h10,12,15H,1-9H2. The predicted molar refractivity (Wildman–Crippen MR) is 62.7 cm³/mol. The summed E-state index contributed by atoms with van der Waals surface area (Å²) in [5, 5.41) is 12.3. The third-order valence-corrected chi connectivity index (χ3v) is 3.26. The molecule has 1 amide bonds. The van der Waals surface area contributed by atoms with Crippen LogP contribution in [0.2, 0.25) is 0 Å². The van der Waals surface area contributed by atoms with Crippen LogP contribution in [0.4, 0.5) is 0 Å². The lowest BCUT2D eigenvalue weighted by Crippen LogP contribution is -2.52. The van der Waals surface area contributed by atoms with Gasteiger partial charge in [-0.1, -0.05) is 0 Å². The molecule has 0 saturated carbocycles. The highest BCUT2D eigenvalue weighted by Crippen LogP contribution is 2.06. The van der Waals surface area contributed by atoms with Gasteiger partial charge in [0.15, 0.2) is 0 Å². The lowest BCUT2D eigenvalue weighted by Gasteiger charge is -2.34. The minimum absolute atomic E-state index is 0.0165.